The molecule has 2 N–H and O–H groups in total. The summed E-state index contributed by atoms with van der Waals surface area (Å²) in [6.07, 6.45) is 1.95. The number of aliphatic hydroxyl groups excluding tert-OH is 1. The first-order valence-corrected chi connectivity index (χ1v) is 6.05. The minimum absolute atomic E-state index is 0.0425. The molecular formula is C14H19N3O. The van der Waals surface area contributed by atoms with Crippen LogP contribution >= 0.6 is 0 Å². The number of nitrogens with one attached hydrogen (secondary N) is 1. The van der Waals surface area contributed by atoms with Crippen molar-refractivity contribution in [1.82, 2.24) is 9.78 Å². The van der Waals surface area contributed by atoms with Crippen LogP contribution in [0.2, 0.25) is 0 Å². The number of benzene rings is 1. The summed E-state index contributed by atoms with van der Waals surface area (Å²) >= 11 is 0. The molecule has 0 amide bonds. The molecule has 0 bridgehead atoms. The first-order valence-electron chi connectivity index (χ1n) is 6.05. The Morgan fingerprint density at radius 2 is 2.06 bits per heavy atom. The Hall–Kier alpha value is -1.81. The smallest absolute Gasteiger partial charge is 0.0778 e. The molecule has 0 radical (unpaired) electrons. The van der Waals surface area contributed by atoms with Crippen LogP contribution in [0.25, 0.3) is 0 Å². The van der Waals surface area contributed by atoms with E-state index < -0.39 is 0 Å². The van der Waals surface area contributed by atoms with Crippen molar-refractivity contribution in [2.24, 2.45) is 7.05 Å². The molecule has 0 spiro atoms. The van der Waals surface area contributed by atoms with E-state index in [2.05, 4.69) is 10.4 Å². The van der Waals surface area contributed by atoms with E-state index in [0.29, 0.717) is 0 Å². The second-order valence-electron chi connectivity index (χ2n) is 4.54. The van der Waals surface area contributed by atoms with Crippen LogP contribution in [0.5, 0.6) is 0 Å². The van der Waals surface area contributed by atoms with Gasteiger partial charge in [0.25, 0.3) is 0 Å². The van der Waals surface area contributed by atoms with E-state index in [4.69, 9.17) is 0 Å². The van der Waals surface area contributed by atoms with Gasteiger partial charge in [0, 0.05) is 24.5 Å². The third-order valence-corrected chi connectivity index (χ3v) is 3.08. The topological polar surface area (TPSA) is 50.1 Å². The summed E-state index contributed by atoms with van der Waals surface area (Å²) in [5.74, 6) is 0. The molecular weight excluding hydrogens is 226 g/mol. The maximum atomic E-state index is 9.57. The van der Waals surface area contributed by atoms with Crippen molar-refractivity contribution in [2.75, 3.05) is 11.9 Å². The van der Waals surface area contributed by atoms with E-state index in [1.54, 1.807) is 4.68 Å². The van der Waals surface area contributed by atoms with Crippen LogP contribution in [-0.2, 0) is 7.05 Å². The maximum absolute atomic E-state index is 9.57. The largest absolute Gasteiger partial charge is 0.394 e. The molecule has 1 atom stereocenters. The van der Waals surface area contributed by atoms with Crippen molar-refractivity contribution in [3.8, 4) is 0 Å². The quantitative estimate of drug-likeness (QED) is 0.868. The molecule has 2 rings (SSSR count). The van der Waals surface area contributed by atoms with Gasteiger partial charge in [-0.1, -0.05) is 18.2 Å². The first kappa shape index (κ1) is 12.6. The van der Waals surface area contributed by atoms with Gasteiger partial charge < -0.3 is 10.4 Å². The third-order valence-electron chi connectivity index (χ3n) is 3.08. The van der Waals surface area contributed by atoms with Gasteiger partial charge in [-0.3, -0.25) is 4.68 Å². The second-order valence-corrected chi connectivity index (χ2v) is 4.54. The van der Waals surface area contributed by atoms with Gasteiger partial charge in [-0.05, 0) is 25.5 Å². The minimum atomic E-state index is -0.125. The van der Waals surface area contributed by atoms with Crippen molar-refractivity contribution in [1.29, 1.82) is 0 Å². The number of aliphatic hydroxyl groups is 1. The molecule has 0 aliphatic heterocycles. The summed E-state index contributed by atoms with van der Waals surface area (Å²) in [6, 6.07) is 7.93. The van der Waals surface area contributed by atoms with Crippen molar-refractivity contribution in [3.63, 3.8) is 0 Å². The number of anilines is 1. The summed E-state index contributed by atoms with van der Waals surface area (Å²) in [5.41, 5.74) is 4.18. The molecule has 4 heteroatoms. The summed E-state index contributed by atoms with van der Waals surface area (Å²) in [7, 11) is 1.89. The summed E-state index contributed by atoms with van der Waals surface area (Å²) in [6.45, 7) is 4.05. The number of nitrogens with zero attached hydrogens (tertiary/aromatic N) is 2. The molecule has 4 nitrogen and oxygen atoms in total. The number of hydrogen-bond acceptors (Lipinski definition) is 3. The average molecular weight is 245 g/mol. The van der Waals surface area contributed by atoms with E-state index in [1.807, 2.05) is 51.4 Å². The Kier molecular flexibility index (Phi) is 3.67. The number of rotatable bonds is 4. The summed E-state index contributed by atoms with van der Waals surface area (Å²) in [4.78, 5) is 0. The van der Waals surface area contributed by atoms with Gasteiger partial charge >= 0.3 is 0 Å². The van der Waals surface area contributed by atoms with Crippen molar-refractivity contribution in [2.45, 2.75) is 19.9 Å². The van der Waals surface area contributed by atoms with Crippen LogP contribution in [0.15, 0.2) is 30.5 Å². The molecule has 1 heterocycles. The lowest BCUT2D eigenvalue weighted by Crippen LogP contribution is -2.15. The molecule has 2 aromatic rings. The highest BCUT2D eigenvalue weighted by Gasteiger charge is 2.16. The second kappa shape index (κ2) is 5.23. The van der Waals surface area contributed by atoms with Crippen molar-refractivity contribution in [3.05, 3.63) is 47.3 Å². The van der Waals surface area contributed by atoms with Gasteiger partial charge in [-0.2, -0.15) is 5.10 Å². The van der Waals surface area contributed by atoms with Crippen LogP contribution in [-0.4, -0.2) is 21.5 Å². The van der Waals surface area contributed by atoms with Crippen LogP contribution in [0.1, 0.15) is 22.9 Å². The Morgan fingerprint density at radius 3 is 2.61 bits per heavy atom. The average Bonchev–Trinajstić information content (AvgIpc) is 2.67. The van der Waals surface area contributed by atoms with Gasteiger partial charge in [-0.15, -0.1) is 0 Å². The summed E-state index contributed by atoms with van der Waals surface area (Å²) in [5, 5.41) is 17.2. The number of para-hydroxylation sites is 1. The van der Waals surface area contributed by atoms with Crippen LogP contribution in [0.4, 0.5) is 5.69 Å². The van der Waals surface area contributed by atoms with E-state index >= 15 is 0 Å². The Balaban J connectivity index is 2.25. The normalized spacial score (nSPS) is 12.4. The first-order chi connectivity index (χ1) is 8.61. The highest BCUT2D eigenvalue weighted by atomic mass is 16.3. The zero-order valence-corrected chi connectivity index (χ0v) is 11.0. The molecule has 1 aromatic carbocycles. The molecule has 0 saturated carbocycles. The molecule has 0 aliphatic carbocycles. The Labute approximate surface area is 107 Å². The molecule has 18 heavy (non-hydrogen) atoms. The third kappa shape index (κ3) is 2.54. The molecule has 0 fully saturated rings. The van der Waals surface area contributed by atoms with Gasteiger partial charge in [0.15, 0.2) is 0 Å². The monoisotopic (exact) mass is 245 g/mol. The predicted molar refractivity (Wildman–Crippen MR) is 72.6 cm³/mol. The van der Waals surface area contributed by atoms with Crippen LogP contribution in [0, 0.1) is 13.8 Å². The highest BCUT2D eigenvalue weighted by molar-refractivity contribution is 5.52. The van der Waals surface area contributed by atoms with E-state index in [9.17, 15) is 5.11 Å². The van der Waals surface area contributed by atoms with E-state index in [-0.39, 0.29) is 12.6 Å². The van der Waals surface area contributed by atoms with Gasteiger partial charge in [0.05, 0.1) is 18.3 Å². The maximum Gasteiger partial charge on any atom is 0.0778 e. The minimum Gasteiger partial charge on any atom is -0.394 e. The van der Waals surface area contributed by atoms with E-state index in [1.165, 1.54) is 0 Å². The van der Waals surface area contributed by atoms with Gasteiger partial charge in [0.1, 0.15) is 0 Å². The van der Waals surface area contributed by atoms with Crippen LogP contribution in [0.3, 0.4) is 0 Å². The SMILES string of the molecule is Cc1ccccc1NC(CO)c1cn(C)nc1C. The van der Waals surface area contributed by atoms with E-state index in [0.717, 1.165) is 22.5 Å². The summed E-state index contributed by atoms with van der Waals surface area (Å²) < 4.78 is 1.77. The lowest BCUT2D eigenvalue weighted by atomic mass is 10.1. The zero-order valence-electron chi connectivity index (χ0n) is 11.0. The lowest BCUT2D eigenvalue weighted by molar-refractivity contribution is 0.276. The fourth-order valence-corrected chi connectivity index (χ4v) is 2.10. The van der Waals surface area contributed by atoms with Crippen molar-refractivity contribution < 1.29 is 5.11 Å². The fraction of sp³-hybridized carbons (Fsp3) is 0.357. The fourth-order valence-electron chi connectivity index (χ4n) is 2.10. The highest BCUT2D eigenvalue weighted by Crippen LogP contribution is 2.23. The van der Waals surface area contributed by atoms with Crippen LogP contribution < -0.4 is 5.32 Å². The zero-order chi connectivity index (χ0) is 13.1. The lowest BCUT2D eigenvalue weighted by Gasteiger charge is -2.18. The van der Waals surface area contributed by atoms with Gasteiger partial charge in [-0.25, -0.2) is 0 Å². The predicted octanol–water partition coefficient (Wildman–Crippen LogP) is 2.18. The van der Waals surface area contributed by atoms with Crippen molar-refractivity contribution >= 4 is 5.69 Å². The molecule has 1 aromatic heterocycles. The van der Waals surface area contributed by atoms with Gasteiger partial charge in [0.2, 0.25) is 0 Å². The standard InChI is InChI=1S/C14H19N3O/c1-10-6-4-5-7-13(10)15-14(9-18)12-8-17(3)16-11(12)2/h4-8,14-15,18H,9H2,1-3H3. The Morgan fingerprint density at radius 1 is 1.33 bits per heavy atom. The number of aryl methyl sites for hydroxylation is 3. The Bertz CT molecular complexity index is 534. The molecule has 0 saturated heterocycles. The number of hydrogen-bond donors (Lipinski definition) is 2. The number of aromatic nitrogens is 2. The molecule has 0 aliphatic rings. The molecule has 1 unspecified atom stereocenters. The molecule has 96 valence electrons.